The third kappa shape index (κ3) is 3.42. The first-order valence-corrected chi connectivity index (χ1v) is 4.94. The maximum atomic E-state index is 5.89. The molecule has 3 N–H and O–H groups in total. The number of hydrazine groups is 1. The largest absolute Gasteiger partial charge is 0.341 e. The second-order valence-electron chi connectivity index (χ2n) is 3.18. The molecule has 0 spiro atoms. The van der Waals surface area contributed by atoms with Crippen molar-refractivity contribution in [1.82, 2.24) is 10.3 Å². The van der Waals surface area contributed by atoms with Gasteiger partial charge in [-0.15, -0.1) is 0 Å². The average Bonchev–Trinajstić information content (AvgIpc) is 2.19. The van der Waals surface area contributed by atoms with Crippen LogP contribution in [-0.4, -0.2) is 25.0 Å². The van der Waals surface area contributed by atoms with Gasteiger partial charge in [-0.25, -0.2) is 5.84 Å². The Morgan fingerprint density at radius 1 is 1.60 bits per heavy atom. The molecule has 15 heavy (non-hydrogen) atoms. The SMILES string of the molecule is CN=C(NN)N(C)Cc1cccc(Cl)c1. The molecular formula is C10H15ClN4. The van der Waals surface area contributed by atoms with E-state index in [1.165, 1.54) is 0 Å². The van der Waals surface area contributed by atoms with Gasteiger partial charge in [0, 0.05) is 25.7 Å². The molecule has 0 aliphatic rings. The van der Waals surface area contributed by atoms with Crippen LogP contribution >= 0.6 is 11.6 Å². The van der Waals surface area contributed by atoms with Gasteiger partial charge in [0.25, 0.3) is 0 Å². The van der Waals surface area contributed by atoms with Gasteiger partial charge < -0.3 is 4.90 Å². The van der Waals surface area contributed by atoms with Crippen molar-refractivity contribution < 1.29 is 0 Å². The van der Waals surface area contributed by atoms with Crippen molar-refractivity contribution in [2.45, 2.75) is 6.54 Å². The molecule has 0 aromatic heterocycles. The van der Waals surface area contributed by atoms with Crippen molar-refractivity contribution in [1.29, 1.82) is 0 Å². The Morgan fingerprint density at radius 2 is 2.33 bits per heavy atom. The van der Waals surface area contributed by atoms with Crippen LogP contribution in [0.4, 0.5) is 0 Å². The summed E-state index contributed by atoms with van der Waals surface area (Å²) in [6.45, 7) is 0.706. The van der Waals surface area contributed by atoms with Crippen LogP contribution in [0.3, 0.4) is 0 Å². The highest BCUT2D eigenvalue weighted by atomic mass is 35.5. The molecule has 1 aromatic rings. The van der Waals surface area contributed by atoms with Gasteiger partial charge in [0.2, 0.25) is 5.96 Å². The van der Waals surface area contributed by atoms with Gasteiger partial charge in [0.1, 0.15) is 0 Å². The van der Waals surface area contributed by atoms with Crippen molar-refractivity contribution >= 4 is 17.6 Å². The van der Waals surface area contributed by atoms with Crippen LogP contribution in [0.15, 0.2) is 29.3 Å². The molecule has 0 unspecified atom stereocenters. The van der Waals surface area contributed by atoms with Crippen molar-refractivity contribution in [3.05, 3.63) is 34.9 Å². The van der Waals surface area contributed by atoms with Gasteiger partial charge in [0.05, 0.1) is 0 Å². The lowest BCUT2D eigenvalue weighted by molar-refractivity contribution is 0.479. The van der Waals surface area contributed by atoms with E-state index in [0.717, 1.165) is 10.6 Å². The number of nitrogens with two attached hydrogens (primary N) is 1. The molecule has 0 atom stereocenters. The number of nitrogens with zero attached hydrogens (tertiary/aromatic N) is 2. The molecule has 0 radical (unpaired) electrons. The number of hydrogen-bond acceptors (Lipinski definition) is 2. The molecule has 0 fully saturated rings. The summed E-state index contributed by atoms with van der Waals surface area (Å²) in [7, 11) is 3.59. The Balaban J connectivity index is 2.70. The monoisotopic (exact) mass is 226 g/mol. The van der Waals surface area contributed by atoms with Crippen LogP contribution in [0, 0.1) is 0 Å². The predicted octanol–water partition coefficient (Wildman–Crippen LogP) is 1.22. The van der Waals surface area contributed by atoms with Crippen molar-refractivity contribution in [2.75, 3.05) is 14.1 Å². The molecule has 4 nitrogen and oxygen atoms in total. The number of guanidine groups is 1. The highest BCUT2D eigenvalue weighted by molar-refractivity contribution is 6.30. The van der Waals surface area contributed by atoms with E-state index in [9.17, 15) is 0 Å². The molecule has 0 bridgehead atoms. The molecule has 1 aromatic carbocycles. The number of rotatable bonds is 2. The zero-order valence-corrected chi connectivity index (χ0v) is 9.62. The topological polar surface area (TPSA) is 53.6 Å². The number of aliphatic imine (C=N–C) groups is 1. The van der Waals surface area contributed by atoms with E-state index >= 15 is 0 Å². The average molecular weight is 227 g/mol. The fraction of sp³-hybridized carbons (Fsp3) is 0.300. The third-order valence-electron chi connectivity index (χ3n) is 2.01. The highest BCUT2D eigenvalue weighted by Gasteiger charge is 2.04. The van der Waals surface area contributed by atoms with Crippen molar-refractivity contribution in [3.63, 3.8) is 0 Å². The van der Waals surface area contributed by atoms with Crippen LogP contribution in [0.5, 0.6) is 0 Å². The second-order valence-corrected chi connectivity index (χ2v) is 3.61. The van der Waals surface area contributed by atoms with E-state index in [2.05, 4.69) is 10.4 Å². The fourth-order valence-corrected chi connectivity index (χ4v) is 1.54. The van der Waals surface area contributed by atoms with Gasteiger partial charge in [-0.05, 0) is 17.7 Å². The van der Waals surface area contributed by atoms with E-state index in [4.69, 9.17) is 17.4 Å². The number of halogens is 1. The smallest absolute Gasteiger partial charge is 0.208 e. The van der Waals surface area contributed by atoms with Crippen LogP contribution in [0.2, 0.25) is 5.02 Å². The standard InChI is InChI=1S/C10H15ClN4/c1-13-10(14-12)15(2)7-8-4-3-5-9(11)6-8/h3-6H,7,12H2,1-2H3,(H,13,14). The van der Waals surface area contributed by atoms with E-state index in [1.807, 2.05) is 36.2 Å². The van der Waals surface area contributed by atoms with E-state index in [-0.39, 0.29) is 0 Å². The Labute approximate surface area is 94.7 Å². The fourth-order valence-electron chi connectivity index (χ4n) is 1.33. The first-order chi connectivity index (χ1) is 7.17. The molecule has 5 heteroatoms. The molecular weight excluding hydrogens is 212 g/mol. The minimum Gasteiger partial charge on any atom is -0.341 e. The summed E-state index contributed by atoms with van der Waals surface area (Å²) < 4.78 is 0. The lowest BCUT2D eigenvalue weighted by Gasteiger charge is -2.20. The van der Waals surface area contributed by atoms with Crippen molar-refractivity contribution in [3.8, 4) is 0 Å². The zero-order valence-electron chi connectivity index (χ0n) is 8.87. The molecule has 82 valence electrons. The zero-order chi connectivity index (χ0) is 11.3. The molecule has 0 saturated heterocycles. The van der Waals surface area contributed by atoms with Gasteiger partial charge in [-0.2, -0.15) is 0 Å². The molecule has 0 aliphatic heterocycles. The van der Waals surface area contributed by atoms with Crippen LogP contribution < -0.4 is 11.3 Å². The Morgan fingerprint density at radius 3 is 2.87 bits per heavy atom. The summed E-state index contributed by atoms with van der Waals surface area (Å²) >= 11 is 5.89. The minimum absolute atomic E-state index is 0.634. The Kier molecular flexibility index (Phi) is 4.39. The normalized spacial score (nSPS) is 11.3. The molecule has 1 rings (SSSR count). The number of benzene rings is 1. The molecule has 0 heterocycles. The predicted molar refractivity (Wildman–Crippen MR) is 63.6 cm³/mol. The molecule has 0 saturated carbocycles. The summed E-state index contributed by atoms with van der Waals surface area (Å²) in [5.74, 6) is 5.95. The highest BCUT2D eigenvalue weighted by Crippen LogP contribution is 2.11. The lowest BCUT2D eigenvalue weighted by atomic mass is 10.2. The quantitative estimate of drug-likeness (QED) is 0.345. The van der Waals surface area contributed by atoms with Crippen LogP contribution in [0.1, 0.15) is 5.56 Å². The van der Waals surface area contributed by atoms with E-state index in [1.54, 1.807) is 7.05 Å². The third-order valence-corrected chi connectivity index (χ3v) is 2.25. The van der Waals surface area contributed by atoms with Crippen molar-refractivity contribution in [2.24, 2.45) is 10.8 Å². The first-order valence-electron chi connectivity index (χ1n) is 4.56. The summed E-state index contributed by atoms with van der Waals surface area (Å²) in [4.78, 5) is 5.91. The Bertz CT molecular complexity index is 351. The van der Waals surface area contributed by atoms with Gasteiger partial charge in [-0.3, -0.25) is 10.4 Å². The molecule has 0 aliphatic carbocycles. The minimum atomic E-state index is 0.634. The number of nitrogens with one attached hydrogen (secondary N) is 1. The Hall–Kier alpha value is -1.26. The van der Waals surface area contributed by atoms with Gasteiger partial charge >= 0.3 is 0 Å². The maximum Gasteiger partial charge on any atom is 0.208 e. The summed E-state index contributed by atoms with van der Waals surface area (Å²) in [5, 5.41) is 0.733. The summed E-state index contributed by atoms with van der Waals surface area (Å²) in [6, 6.07) is 7.69. The first kappa shape index (κ1) is 11.8. The second kappa shape index (κ2) is 5.58. The maximum absolute atomic E-state index is 5.89. The summed E-state index contributed by atoms with van der Waals surface area (Å²) in [6.07, 6.45) is 0. The lowest BCUT2D eigenvalue weighted by Crippen LogP contribution is -2.42. The number of hydrogen-bond donors (Lipinski definition) is 2. The van der Waals surface area contributed by atoms with E-state index < -0.39 is 0 Å². The molecule has 0 amide bonds. The summed E-state index contributed by atoms with van der Waals surface area (Å²) in [5.41, 5.74) is 3.64. The van der Waals surface area contributed by atoms with Crippen LogP contribution in [-0.2, 0) is 6.54 Å². The van der Waals surface area contributed by atoms with Gasteiger partial charge in [-0.1, -0.05) is 23.7 Å². The van der Waals surface area contributed by atoms with E-state index in [0.29, 0.717) is 12.5 Å². The van der Waals surface area contributed by atoms with Gasteiger partial charge in [0.15, 0.2) is 0 Å². The van der Waals surface area contributed by atoms with Crippen LogP contribution in [0.25, 0.3) is 0 Å².